The van der Waals surface area contributed by atoms with E-state index in [1.807, 2.05) is 30.0 Å². The van der Waals surface area contributed by atoms with Crippen LogP contribution in [0.5, 0.6) is 0 Å². The number of alkyl halides is 3. The molecule has 0 unspecified atom stereocenters. The van der Waals surface area contributed by atoms with Crippen molar-refractivity contribution in [2.75, 3.05) is 31.1 Å². The molecular weight excluding hydrogens is 485 g/mol. The van der Waals surface area contributed by atoms with Gasteiger partial charge in [0.25, 0.3) is 5.91 Å². The first-order valence-electron chi connectivity index (χ1n) is 10.0. The van der Waals surface area contributed by atoms with E-state index in [4.69, 9.17) is 0 Å². The highest BCUT2D eigenvalue weighted by molar-refractivity contribution is 9.10. The number of amides is 1. The summed E-state index contributed by atoms with van der Waals surface area (Å²) in [6, 6.07) is 14.0. The molecule has 4 rings (SSSR count). The summed E-state index contributed by atoms with van der Waals surface area (Å²) in [5, 5.41) is 0. The number of hydrogen-bond acceptors (Lipinski definition) is 4. The standard InChI is InChI=1S/C23H20BrF3N4O/c1-15-13-20(29-21(28-15)16-5-7-18(8-6-16)23(25,26)27)30-9-11-31(12-10-30)22(32)17-3-2-4-19(24)14-17/h2-8,13-14H,9-12H2,1H3. The van der Waals surface area contributed by atoms with Crippen molar-refractivity contribution < 1.29 is 18.0 Å². The lowest BCUT2D eigenvalue weighted by Crippen LogP contribution is -2.49. The van der Waals surface area contributed by atoms with Crippen LogP contribution in [0.25, 0.3) is 11.4 Å². The van der Waals surface area contributed by atoms with Crippen molar-refractivity contribution in [2.45, 2.75) is 13.1 Å². The van der Waals surface area contributed by atoms with Crippen molar-refractivity contribution in [2.24, 2.45) is 0 Å². The van der Waals surface area contributed by atoms with E-state index in [-0.39, 0.29) is 5.91 Å². The number of anilines is 1. The molecule has 0 N–H and O–H groups in total. The first-order chi connectivity index (χ1) is 15.2. The van der Waals surface area contributed by atoms with Crippen molar-refractivity contribution in [3.63, 3.8) is 0 Å². The summed E-state index contributed by atoms with van der Waals surface area (Å²) in [5.74, 6) is 1.05. The maximum absolute atomic E-state index is 12.8. The zero-order valence-electron chi connectivity index (χ0n) is 17.2. The van der Waals surface area contributed by atoms with Gasteiger partial charge in [0.1, 0.15) is 5.82 Å². The van der Waals surface area contributed by atoms with Gasteiger partial charge in [-0.1, -0.05) is 34.1 Å². The number of aryl methyl sites for hydroxylation is 1. The molecule has 2 aromatic carbocycles. The molecule has 0 aliphatic carbocycles. The van der Waals surface area contributed by atoms with Crippen LogP contribution in [0.15, 0.2) is 59.1 Å². The third-order valence-corrected chi connectivity index (χ3v) is 5.77. The second-order valence-electron chi connectivity index (χ2n) is 7.56. The fourth-order valence-electron chi connectivity index (χ4n) is 3.59. The van der Waals surface area contributed by atoms with E-state index >= 15 is 0 Å². The van der Waals surface area contributed by atoms with E-state index in [1.54, 1.807) is 12.1 Å². The van der Waals surface area contributed by atoms with Crippen LogP contribution in [0.3, 0.4) is 0 Å². The van der Waals surface area contributed by atoms with E-state index in [0.29, 0.717) is 48.9 Å². The molecule has 1 fully saturated rings. The molecule has 0 spiro atoms. The van der Waals surface area contributed by atoms with Crippen molar-refractivity contribution >= 4 is 27.7 Å². The maximum Gasteiger partial charge on any atom is 0.416 e. The molecule has 0 atom stereocenters. The summed E-state index contributed by atoms with van der Waals surface area (Å²) in [5.41, 5.74) is 1.17. The highest BCUT2D eigenvalue weighted by Crippen LogP contribution is 2.31. The summed E-state index contributed by atoms with van der Waals surface area (Å²) in [4.78, 5) is 25.6. The Kier molecular flexibility index (Phi) is 6.19. The normalized spacial score (nSPS) is 14.5. The van der Waals surface area contributed by atoms with Crippen LogP contribution in [0.2, 0.25) is 0 Å². The Labute approximate surface area is 192 Å². The first kappa shape index (κ1) is 22.3. The molecule has 0 bridgehead atoms. The third-order valence-electron chi connectivity index (χ3n) is 5.27. The maximum atomic E-state index is 12.8. The molecule has 2 heterocycles. The molecule has 1 amide bonds. The minimum atomic E-state index is -4.38. The topological polar surface area (TPSA) is 49.3 Å². The first-order valence-corrected chi connectivity index (χ1v) is 10.8. The predicted molar refractivity (Wildman–Crippen MR) is 119 cm³/mol. The average molecular weight is 505 g/mol. The Bertz CT molecular complexity index is 1130. The fraction of sp³-hybridized carbons (Fsp3) is 0.261. The van der Waals surface area contributed by atoms with Gasteiger partial charge in [-0.2, -0.15) is 13.2 Å². The van der Waals surface area contributed by atoms with Crippen LogP contribution in [-0.4, -0.2) is 47.0 Å². The summed E-state index contributed by atoms with van der Waals surface area (Å²) in [6.45, 7) is 4.12. The summed E-state index contributed by atoms with van der Waals surface area (Å²) in [7, 11) is 0. The molecule has 1 saturated heterocycles. The van der Waals surface area contributed by atoms with Gasteiger partial charge in [0, 0.05) is 53.5 Å². The van der Waals surface area contributed by atoms with Gasteiger partial charge in [-0.15, -0.1) is 0 Å². The number of hydrogen-bond donors (Lipinski definition) is 0. The lowest BCUT2D eigenvalue weighted by atomic mass is 10.1. The Morgan fingerprint density at radius 3 is 2.28 bits per heavy atom. The van der Waals surface area contributed by atoms with Gasteiger partial charge in [-0.05, 0) is 37.3 Å². The van der Waals surface area contributed by atoms with E-state index in [0.717, 1.165) is 22.3 Å². The fourth-order valence-corrected chi connectivity index (χ4v) is 3.99. The van der Waals surface area contributed by atoms with Crippen molar-refractivity contribution in [1.82, 2.24) is 14.9 Å². The quantitative estimate of drug-likeness (QED) is 0.492. The number of nitrogens with zero attached hydrogens (tertiary/aromatic N) is 4. The SMILES string of the molecule is Cc1cc(N2CCN(C(=O)c3cccc(Br)c3)CC2)nc(-c2ccc(C(F)(F)F)cc2)n1. The highest BCUT2D eigenvalue weighted by Gasteiger charge is 2.30. The molecule has 166 valence electrons. The molecular formula is C23H20BrF3N4O. The number of carbonyl (C=O) groups is 1. The number of benzene rings is 2. The van der Waals surface area contributed by atoms with E-state index in [1.165, 1.54) is 12.1 Å². The van der Waals surface area contributed by atoms with Crippen molar-refractivity contribution in [3.05, 3.63) is 75.9 Å². The van der Waals surface area contributed by atoms with Gasteiger partial charge < -0.3 is 9.80 Å². The summed E-state index contributed by atoms with van der Waals surface area (Å²) in [6.07, 6.45) is -4.38. The molecule has 0 radical (unpaired) electrons. The number of rotatable bonds is 3. The van der Waals surface area contributed by atoms with Crippen LogP contribution >= 0.6 is 15.9 Å². The lowest BCUT2D eigenvalue weighted by Gasteiger charge is -2.35. The van der Waals surface area contributed by atoms with Crippen LogP contribution in [0.4, 0.5) is 19.0 Å². The van der Waals surface area contributed by atoms with Gasteiger partial charge in [-0.25, -0.2) is 9.97 Å². The number of piperazine rings is 1. The van der Waals surface area contributed by atoms with Crippen LogP contribution < -0.4 is 4.90 Å². The second kappa shape index (κ2) is 8.90. The highest BCUT2D eigenvalue weighted by atomic mass is 79.9. The number of carbonyl (C=O) groups excluding carboxylic acids is 1. The molecule has 1 aliphatic rings. The minimum Gasteiger partial charge on any atom is -0.353 e. The van der Waals surface area contributed by atoms with Gasteiger partial charge in [0.2, 0.25) is 0 Å². The zero-order chi connectivity index (χ0) is 22.9. The minimum absolute atomic E-state index is 0.0183. The van der Waals surface area contributed by atoms with E-state index in [2.05, 4.69) is 30.8 Å². The lowest BCUT2D eigenvalue weighted by molar-refractivity contribution is -0.137. The largest absolute Gasteiger partial charge is 0.416 e. The average Bonchev–Trinajstić information content (AvgIpc) is 2.78. The smallest absolute Gasteiger partial charge is 0.353 e. The Morgan fingerprint density at radius 1 is 0.969 bits per heavy atom. The Hall–Kier alpha value is -2.94. The van der Waals surface area contributed by atoms with Gasteiger partial charge in [0.15, 0.2) is 5.82 Å². The third kappa shape index (κ3) is 4.93. The van der Waals surface area contributed by atoms with E-state index < -0.39 is 11.7 Å². The number of halogens is 4. The molecule has 9 heteroatoms. The molecule has 3 aromatic rings. The molecule has 1 aliphatic heterocycles. The van der Waals surface area contributed by atoms with Crippen LogP contribution in [-0.2, 0) is 6.18 Å². The number of aromatic nitrogens is 2. The van der Waals surface area contributed by atoms with Gasteiger partial charge in [0.05, 0.1) is 5.56 Å². The van der Waals surface area contributed by atoms with Gasteiger partial charge >= 0.3 is 6.18 Å². The molecule has 32 heavy (non-hydrogen) atoms. The van der Waals surface area contributed by atoms with Crippen molar-refractivity contribution in [3.8, 4) is 11.4 Å². The molecule has 5 nitrogen and oxygen atoms in total. The molecule has 0 saturated carbocycles. The van der Waals surface area contributed by atoms with Gasteiger partial charge in [-0.3, -0.25) is 4.79 Å². The predicted octanol–water partition coefficient (Wildman–Crippen LogP) is 5.20. The zero-order valence-corrected chi connectivity index (χ0v) is 18.8. The molecule has 1 aromatic heterocycles. The van der Waals surface area contributed by atoms with Crippen molar-refractivity contribution in [1.29, 1.82) is 0 Å². The summed E-state index contributed by atoms with van der Waals surface area (Å²) >= 11 is 3.39. The van der Waals surface area contributed by atoms with Crippen LogP contribution in [0, 0.1) is 6.92 Å². The summed E-state index contributed by atoms with van der Waals surface area (Å²) < 4.78 is 39.4. The van der Waals surface area contributed by atoms with E-state index in [9.17, 15) is 18.0 Å². The second-order valence-corrected chi connectivity index (χ2v) is 8.47. The van der Waals surface area contributed by atoms with Crippen LogP contribution in [0.1, 0.15) is 21.6 Å². The monoisotopic (exact) mass is 504 g/mol. The Balaban J connectivity index is 1.48. The Morgan fingerprint density at radius 2 is 1.66 bits per heavy atom.